The zero-order valence-corrected chi connectivity index (χ0v) is 24.5. The van der Waals surface area contributed by atoms with E-state index in [1.807, 2.05) is 39.2 Å². The molecule has 0 aliphatic heterocycles. The van der Waals surface area contributed by atoms with Gasteiger partial charge in [-0.15, -0.1) is 11.3 Å². The molecule has 0 saturated heterocycles. The summed E-state index contributed by atoms with van der Waals surface area (Å²) >= 11 is 7.24. The number of rotatable bonds is 13. The molecule has 3 rings (SSSR count). The average Bonchev–Trinajstić information content (AvgIpc) is 3.38. The summed E-state index contributed by atoms with van der Waals surface area (Å²) in [6, 6.07) is 1.67. The average molecular weight is 596 g/mol. The first-order valence-corrected chi connectivity index (χ1v) is 14.9. The van der Waals surface area contributed by atoms with Crippen molar-refractivity contribution in [3.8, 4) is 0 Å². The summed E-state index contributed by atoms with van der Waals surface area (Å²) in [4.78, 5) is 25.7. The maximum Gasteiger partial charge on any atom is 0.333 e. The van der Waals surface area contributed by atoms with E-state index in [0.717, 1.165) is 16.0 Å². The zero-order valence-electron chi connectivity index (χ0n) is 22.1. The summed E-state index contributed by atoms with van der Waals surface area (Å²) in [6.07, 6.45) is 9.00. The monoisotopic (exact) mass is 595 g/mol. The molecule has 2 heterocycles. The summed E-state index contributed by atoms with van der Waals surface area (Å²) in [6.45, 7) is 6.13. The van der Waals surface area contributed by atoms with Crippen LogP contribution in [-0.2, 0) is 27.5 Å². The van der Waals surface area contributed by atoms with Gasteiger partial charge in [0.2, 0.25) is 5.78 Å². The van der Waals surface area contributed by atoms with Gasteiger partial charge in [-0.2, -0.15) is 8.42 Å². The molecule has 2 aromatic rings. The number of nitrogens with two attached hydrogens (primary N) is 1. The molecule has 0 aromatic carbocycles. The van der Waals surface area contributed by atoms with Crippen LogP contribution in [0.4, 0.5) is 5.82 Å². The molecule has 0 amide bonds. The Bertz CT molecular complexity index is 1360. The zero-order chi connectivity index (χ0) is 28.7. The molecule has 0 unspecified atom stereocenters. The molecule has 1 saturated carbocycles. The number of nitrogens with one attached hydrogen (secondary N) is 1. The van der Waals surface area contributed by atoms with Crippen LogP contribution >= 0.6 is 22.9 Å². The number of halogens is 1. The van der Waals surface area contributed by atoms with Crippen LogP contribution in [-0.4, -0.2) is 67.0 Å². The number of nitrogens with zero attached hydrogens (tertiary/aromatic N) is 3. The van der Waals surface area contributed by atoms with Gasteiger partial charge in [0.25, 0.3) is 0 Å². The van der Waals surface area contributed by atoms with Gasteiger partial charge in [-0.25, -0.2) is 15.1 Å². The molecule has 4 N–H and O–H groups in total. The Morgan fingerprint density at radius 3 is 2.82 bits per heavy atom. The van der Waals surface area contributed by atoms with E-state index in [9.17, 15) is 18.3 Å². The SMILES string of the molecule is C=C(Cl)/C=C\C=C(/C)Cc1cc(C(=O)c2cncnc2N[C@@H]2C[C@H](COS(N)(=O)=O)[C@@H](O)C2)sc1CN(C)C. The fourth-order valence-corrected chi connectivity index (χ4v) is 6.04. The van der Waals surface area contributed by atoms with Gasteiger partial charge in [0, 0.05) is 34.6 Å². The molecule has 1 aliphatic carbocycles. The second kappa shape index (κ2) is 13.8. The van der Waals surface area contributed by atoms with Crippen LogP contribution in [0.15, 0.2) is 54.0 Å². The highest BCUT2D eigenvalue weighted by Gasteiger charge is 2.35. The van der Waals surface area contributed by atoms with Crippen molar-refractivity contribution in [2.45, 2.75) is 44.9 Å². The third kappa shape index (κ3) is 9.60. The van der Waals surface area contributed by atoms with Gasteiger partial charge in [-0.1, -0.05) is 35.9 Å². The maximum atomic E-state index is 13.6. The summed E-state index contributed by atoms with van der Waals surface area (Å²) in [5.74, 6) is -0.280. The van der Waals surface area contributed by atoms with Crippen molar-refractivity contribution in [2.24, 2.45) is 11.1 Å². The van der Waals surface area contributed by atoms with Crippen molar-refractivity contribution >= 4 is 44.8 Å². The number of ketones is 1. The highest BCUT2D eigenvalue weighted by molar-refractivity contribution is 7.84. The fraction of sp³-hybridized carbons (Fsp3) is 0.423. The number of anilines is 1. The van der Waals surface area contributed by atoms with Gasteiger partial charge in [0.1, 0.15) is 12.1 Å². The molecule has 1 aliphatic rings. The molecule has 1 fully saturated rings. The molecule has 13 heteroatoms. The van der Waals surface area contributed by atoms with Crippen LogP contribution in [0.3, 0.4) is 0 Å². The van der Waals surface area contributed by atoms with Crippen LogP contribution in [0.25, 0.3) is 0 Å². The Hall–Kier alpha value is -2.45. The molecular formula is C26H34ClN5O5S2. The number of thiophene rings is 1. The lowest BCUT2D eigenvalue weighted by molar-refractivity contribution is 0.101. The van der Waals surface area contributed by atoms with Crippen LogP contribution < -0.4 is 10.5 Å². The fourth-order valence-electron chi connectivity index (χ4n) is 4.34. The Labute approximate surface area is 238 Å². The summed E-state index contributed by atoms with van der Waals surface area (Å²) in [5.41, 5.74) is 2.48. The predicted octanol–water partition coefficient (Wildman–Crippen LogP) is 3.40. The number of hydrogen-bond acceptors (Lipinski definition) is 10. The normalized spacial score (nSPS) is 20.2. The first-order chi connectivity index (χ1) is 18.3. The van der Waals surface area contributed by atoms with Gasteiger partial charge in [-0.05, 0) is 58.0 Å². The number of carbonyl (C=O) groups is 1. The second-order valence-corrected chi connectivity index (χ2v) is 12.7. The summed E-state index contributed by atoms with van der Waals surface area (Å²) in [7, 11) is -0.141. The minimum atomic E-state index is -4.10. The minimum Gasteiger partial charge on any atom is -0.393 e. The van der Waals surface area contributed by atoms with Gasteiger partial charge < -0.3 is 15.3 Å². The van der Waals surface area contributed by atoms with E-state index < -0.39 is 22.3 Å². The lowest BCUT2D eigenvalue weighted by Crippen LogP contribution is -2.24. The lowest BCUT2D eigenvalue weighted by atomic mass is 10.0. The van der Waals surface area contributed by atoms with Crippen molar-refractivity contribution in [1.82, 2.24) is 14.9 Å². The minimum absolute atomic E-state index is 0.207. The first-order valence-electron chi connectivity index (χ1n) is 12.2. The van der Waals surface area contributed by atoms with E-state index in [0.29, 0.717) is 47.1 Å². The lowest BCUT2D eigenvalue weighted by Gasteiger charge is -2.15. The molecule has 3 atom stereocenters. The molecular weight excluding hydrogens is 562 g/mol. The maximum absolute atomic E-state index is 13.6. The summed E-state index contributed by atoms with van der Waals surface area (Å²) < 4.78 is 26.9. The van der Waals surface area contributed by atoms with E-state index in [1.54, 1.807) is 6.08 Å². The van der Waals surface area contributed by atoms with Crippen LogP contribution in [0, 0.1) is 5.92 Å². The second-order valence-electron chi connectivity index (χ2n) is 9.82. The Morgan fingerprint density at radius 2 is 2.15 bits per heavy atom. The summed E-state index contributed by atoms with van der Waals surface area (Å²) in [5, 5.41) is 19.0. The third-order valence-corrected chi connectivity index (χ3v) is 7.86. The Morgan fingerprint density at radius 1 is 1.41 bits per heavy atom. The van der Waals surface area contributed by atoms with Crippen molar-refractivity contribution in [2.75, 3.05) is 26.0 Å². The van der Waals surface area contributed by atoms with Gasteiger partial charge in [0.15, 0.2) is 0 Å². The first kappa shape index (κ1) is 31.1. The van der Waals surface area contributed by atoms with E-state index in [1.165, 1.54) is 23.9 Å². The highest BCUT2D eigenvalue weighted by atomic mass is 35.5. The molecule has 212 valence electrons. The standard InChI is InChI=1S/C26H34ClN5O5S2/c1-16(6-5-7-17(2)27)8-18-10-23(38-24(18)13-32(3)4)25(34)21-12-29-15-30-26(21)31-20-9-19(22(33)11-20)14-37-39(28,35)36/h5-7,10,12,15,19-20,22,33H,2,8-9,11,13-14H2,1,3-4H3,(H2,28,35,36)(H,29,30,31)/b7-5-,16-6+/t19-,20-,22+/m1/s1. The molecule has 0 bridgehead atoms. The van der Waals surface area contributed by atoms with E-state index in [4.69, 9.17) is 16.7 Å². The third-order valence-electron chi connectivity index (χ3n) is 6.11. The number of aliphatic hydroxyl groups excluding tert-OH is 1. The van der Waals surface area contributed by atoms with Crippen LogP contribution in [0.5, 0.6) is 0 Å². The molecule has 39 heavy (non-hydrogen) atoms. The molecule has 2 aromatic heterocycles. The number of hydrogen-bond donors (Lipinski definition) is 3. The van der Waals surface area contributed by atoms with Crippen LogP contribution in [0.1, 0.15) is 45.4 Å². The van der Waals surface area contributed by atoms with Crippen molar-refractivity contribution in [1.29, 1.82) is 0 Å². The number of allylic oxidation sites excluding steroid dienone is 5. The number of aliphatic hydroxyl groups is 1. The largest absolute Gasteiger partial charge is 0.393 e. The van der Waals surface area contributed by atoms with E-state index in [-0.39, 0.29) is 18.4 Å². The molecule has 0 spiro atoms. The Kier molecular flexibility index (Phi) is 11.0. The number of aromatic nitrogens is 2. The van der Waals surface area contributed by atoms with Crippen molar-refractivity contribution in [3.63, 3.8) is 0 Å². The predicted molar refractivity (Wildman–Crippen MR) is 154 cm³/mol. The van der Waals surface area contributed by atoms with Gasteiger partial charge in [0.05, 0.1) is 23.2 Å². The molecule has 0 radical (unpaired) electrons. The topological polar surface area (TPSA) is 148 Å². The quantitative estimate of drug-likeness (QED) is 0.234. The van der Waals surface area contributed by atoms with Crippen LogP contribution in [0.2, 0.25) is 0 Å². The van der Waals surface area contributed by atoms with Crippen molar-refractivity contribution in [3.05, 3.63) is 74.9 Å². The van der Waals surface area contributed by atoms with Crippen molar-refractivity contribution < 1.29 is 22.5 Å². The molecule has 10 nitrogen and oxygen atoms in total. The Balaban J connectivity index is 1.80. The van der Waals surface area contributed by atoms with Gasteiger partial charge >= 0.3 is 10.3 Å². The highest BCUT2D eigenvalue weighted by Crippen LogP contribution is 2.32. The smallest absolute Gasteiger partial charge is 0.333 e. The number of carbonyl (C=O) groups excluding carboxylic acids is 1. The van der Waals surface area contributed by atoms with Gasteiger partial charge in [-0.3, -0.25) is 8.98 Å². The van der Waals surface area contributed by atoms with E-state index in [2.05, 4.69) is 30.9 Å². The van der Waals surface area contributed by atoms with E-state index >= 15 is 0 Å².